The van der Waals surface area contributed by atoms with Crippen molar-refractivity contribution in [1.29, 1.82) is 0 Å². The van der Waals surface area contributed by atoms with Crippen LogP contribution in [0, 0.1) is 11.8 Å². The van der Waals surface area contributed by atoms with E-state index in [1.807, 2.05) is 13.8 Å². The molecular weight excluding hydrogens is 353 g/mol. The molecule has 1 rings (SSSR count). The van der Waals surface area contributed by atoms with Crippen LogP contribution in [0.3, 0.4) is 0 Å². The molecule has 0 saturated carbocycles. The monoisotopic (exact) mass is 379 g/mol. The van der Waals surface area contributed by atoms with Crippen molar-refractivity contribution in [3.8, 4) is 0 Å². The smallest absolute Gasteiger partial charge is 0.304 e. The fourth-order valence-electron chi connectivity index (χ4n) is 3.13. The molecule has 1 aliphatic rings. The number of amides is 3. The quantitative estimate of drug-likeness (QED) is 0.422. The third-order valence-electron chi connectivity index (χ3n) is 4.32. The van der Waals surface area contributed by atoms with Gasteiger partial charge in [-0.2, -0.15) is 0 Å². The van der Waals surface area contributed by atoms with E-state index in [2.05, 4.69) is 5.32 Å². The van der Waals surface area contributed by atoms with Crippen LogP contribution in [0.2, 0.25) is 0 Å². The van der Waals surface area contributed by atoms with E-state index < -0.39 is 48.0 Å². The van der Waals surface area contributed by atoms with Crippen molar-refractivity contribution in [3.63, 3.8) is 0 Å². The zero-order valence-corrected chi connectivity index (χ0v) is 15.6. The summed E-state index contributed by atoms with van der Waals surface area (Å²) in [6.45, 7) is 3.97. The maximum absolute atomic E-state index is 12.8. The number of likely N-dealkylation sites (tertiary alicyclic amines) is 1. The highest BCUT2D eigenvalue weighted by Crippen LogP contribution is 2.24. The van der Waals surface area contributed by atoms with E-state index in [1.54, 1.807) is 0 Å². The van der Waals surface area contributed by atoms with E-state index in [0.29, 0.717) is 12.8 Å². The fraction of sp³-hybridized carbons (Fsp3) is 0.706. The summed E-state index contributed by atoms with van der Waals surface area (Å²) >= 11 is 0. The lowest BCUT2D eigenvalue weighted by atomic mass is 9.93. The van der Waals surface area contributed by atoms with Crippen LogP contribution in [0.25, 0.3) is 0 Å². The summed E-state index contributed by atoms with van der Waals surface area (Å²) in [5, 5.41) is 11.3. The summed E-state index contributed by atoms with van der Waals surface area (Å²) in [6, 6.07) is -0.876. The first-order chi connectivity index (χ1) is 12.5. The number of Topliss-reactive ketones (excluding diaryl/α,β-unsaturated/α-hetero) is 1. The molecule has 1 heterocycles. The molecule has 27 heavy (non-hydrogen) atoms. The molecule has 2 radical (unpaired) electrons. The molecule has 3 amide bonds. The summed E-state index contributed by atoms with van der Waals surface area (Å²) in [5.41, 5.74) is 5.01. The Kier molecular flexibility index (Phi) is 8.46. The van der Waals surface area contributed by atoms with Crippen molar-refractivity contribution >= 4 is 37.3 Å². The predicted octanol–water partition coefficient (Wildman–Crippen LogP) is -0.830. The molecule has 1 fully saturated rings. The van der Waals surface area contributed by atoms with Crippen LogP contribution in [0.4, 0.5) is 0 Å². The van der Waals surface area contributed by atoms with Crippen LogP contribution < -0.4 is 11.1 Å². The average Bonchev–Trinajstić information content (AvgIpc) is 3.01. The third kappa shape index (κ3) is 7.03. The fourth-order valence-corrected chi connectivity index (χ4v) is 3.13. The number of ketones is 1. The van der Waals surface area contributed by atoms with Gasteiger partial charge in [-0.1, -0.05) is 13.8 Å². The number of carbonyl (C=O) groups excluding carboxylic acids is 4. The third-order valence-corrected chi connectivity index (χ3v) is 4.32. The molecule has 0 spiro atoms. The van der Waals surface area contributed by atoms with E-state index in [1.165, 1.54) is 4.90 Å². The van der Waals surface area contributed by atoms with Crippen molar-refractivity contribution in [2.75, 3.05) is 6.54 Å². The molecule has 1 aliphatic heterocycles. The lowest BCUT2D eigenvalue weighted by Crippen LogP contribution is -2.53. The Morgan fingerprint density at radius 3 is 2.33 bits per heavy atom. The SMILES string of the molecule is [B]C(NC(=O)C1CCCN1C(=O)C(CC(=O)O)CC(=O)CC(C)C)C(N)=O. The molecule has 0 aromatic carbocycles. The van der Waals surface area contributed by atoms with Crippen LogP contribution >= 0.6 is 0 Å². The lowest BCUT2D eigenvalue weighted by molar-refractivity contribution is -0.147. The molecule has 0 aliphatic carbocycles. The van der Waals surface area contributed by atoms with Gasteiger partial charge in [0, 0.05) is 19.4 Å². The molecule has 3 unspecified atom stereocenters. The van der Waals surface area contributed by atoms with Crippen molar-refractivity contribution in [1.82, 2.24) is 10.2 Å². The number of hydrogen-bond acceptors (Lipinski definition) is 5. The van der Waals surface area contributed by atoms with Crippen LogP contribution in [-0.2, 0) is 24.0 Å². The van der Waals surface area contributed by atoms with Gasteiger partial charge in [-0.25, -0.2) is 0 Å². The minimum atomic E-state index is -1.38. The molecule has 4 N–H and O–H groups in total. The van der Waals surface area contributed by atoms with Crippen LogP contribution in [0.15, 0.2) is 0 Å². The topological polar surface area (TPSA) is 147 Å². The van der Waals surface area contributed by atoms with Crippen molar-refractivity contribution in [3.05, 3.63) is 0 Å². The Labute approximate surface area is 159 Å². The number of hydrogen-bond donors (Lipinski definition) is 3. The minimum absolute atomic E-state index is 0.0960. The summed E-state index contributed by atoms with van der Waals surface area (Å²) in [7, 11) is 5.41. The molecule has 0 aromatic rings. The zero-order valence-electron chi connectivity index (χ0n) is 15.6. The molecule has 148 valence electrons. The van der Waals surface area contributed by atoms with E-state index in [0.717, 1.165) is 0 Å². The lowest BCUT2D eigenvalue weighted by Gasteiger charge is -2.28. The summed E-state index contributed by atoms with van der Waals surface area (Å²) in [5.74, 6) is -5.80. The number of carboxylic acid groups (broad SMARTS) is 1. The van der Waals surface area contributed by atoms with Gasteiger partial charge in [0.05, 0.1) is 18.3 Å². The predicted molar refractivity (Wildman–Crippen MR) is 96.4 cm³/mol. The Balaban J connectivity index is 2.88. The normalized spacial score (nSPS) is 18.8. The maximum atomic E-state index is 12.8. The Morgan fingerprint density at radius 2 is 1.81 bits per heavy atom. The Bertz CT molecular complexity index is 609. The standard InChI is InChI=1S/C17H26BN3O6/c1-9(2)6-11(22)7-10(8-13(23)24)17(27)21-5-3-4-12(21)16(26)20-14(18)15(19)25/h9-10,12,14H,3-8H2,1-2H3,(H2,19,25)(H,20,26)(H,23,24). The number of nitrogens with zero attached hydrogens (tertiary/aromatic N) is 1. The van der Waals surface area contributed by atoms with Crippen molar-refractivity contribution in [2.24, 2.45) is 17.6 Å². The Hall–Kier alpha value is -2.39. The van der Waals surface area contributed by atoms with Gasteiger partial charge in [0.2, 0.25) is 17.7 Å². The highest BCUT2D eigenvalue weighted by atomic mass is 16.4. The van der Waals surface area contributed by atoms with Crippen LogP contribution in [0.1, 0.15) is 46.0 Å². The maximum Gasteiger partial charge on any atom is 0.304 e. The molecule has 9 nitrogen and oxygen atoms in total. The van der Waals surface area contributed by atoms with Gasteiger partial charge in [0.1, 0.15) is 19.7 Å². The number of nitrogens with one attached hydrogen (secondary N) is 1. The number of primary amides is 1. The van der Waals surface area contributed by atoms with Crippen molar-refractivity contribution < 1.29 is 29.1 Å². The van der Waals surface area contributed by atoms with Gasteiger partial charge in [-0.3, -0.25) is 24.0 Å². The highest BCUT2D eigenvalue weighted by Gasteiger charge is 2.38. The molecule has 1 saturated heterocycles. The molecule has 0 aromatic heterocycles. The number of carbonyl (C=O) groups is 5. The zero-order chi connectivity index (χ0) is 20.7. The second-order valence-electron chi connectivity index (χ2n) is 7.21. The molecule has 10 heteroatoms. The number of carboxylic acids is 1. The van der Waals surface area contributed by atoms with Gasteiger partial charge >= 0.3 is 5.97 Å². The largest absolute Gasteiger partial charge is 0.481 e. The van der Waals surface area contributed by atoms with E-state index in [-0.39, 0.29) is 31.1 Å². The second-order valence-corrected chi connectivity index (χ2v) is 7.21. The average molecular weight is 379 g/mol. The van der Waals surface area contributed by atoms with Gasteiger partial charge in [0.25, 0.3) is 0 Å². The van der Waals surface area contributed by atoms with E-state index in [9.17, 15) is 24.0 Å². The molecule has 0 bridgehead atoms. The second kappa shape index (κ2) is 10.1. The van der Waals surface area contributed by atoms with Gasteiger partial charge < -0.3 is 21.1 Å². The first kappa shape index (κ1) is 22.7. The number of nitrogens with two attached hydrogens (primary N) is 1. The number of rotatable bonds is 10. The minimum Gasteiger partial charge on any atom is -0.481 e. The first-order valence-electron chi connectivity index (χ1n) is 8.92. The van der Waals surface area contributed by atoms with Crippen LogP contribution in [0.5, 0.6) is 0 Å². The Morgan fingerprint density at radius 1 is 1.19 bits per heavy atom. The molecule has 3 atom stereocenters. The first-order valence-corrected chi connectivity index (χ1v) is 8.92. The summed E-state index contributed by atoms with van der Waals surface area (Å²) in [4.78, 5) is 60.7. The summed E-state index contributed by atoms with van der Waals surface area (Å²) in [6.07, 6.45) is 0.461. The van der Waals surface area contributed by atoms with E-state index >= 15 is 0 Å². The highest BCUT2D eigenvalue weighted by molar-refractivity contribution is 6.24. The number of aliphatic carboxylic acids is 1. The van der Waals surface area contributed by atoms with E-state index in [4.69, 9.17) is 18.7 Å². The van der Waals surface area contributed by atoms with Crippen molar-refractivity contribution in [2.45, 2.75) is 57.9 Å². The van der Waals surface area contributed by atoms with Gasteiger partial charge in [-0.05, 0) is 18.8 Å². The van der Waals surface area contributed by atoms with Crippen LogP contribution in [-0.4, -0.2) is 65.9 Å². The molecular formula is C17H26BN3O6. The summed E-state index contributed by atoms with van der Waals surface area (Å²) < 4.78 is 0. The van der Waals surface area contributed by atoms with Gasteiger partial charge in [0.15, 0.2) is 0 Å². The van der Waals surface area contributed by atoms with Gasteiger partial charge in [-0.15, -0.1) is 0 Å².